The standard InChI is InChI=1S/C16H11ClN6OS/c17-12-6-8-13(9-7-12)23-16(20-21-22-23)25-10-14-18-19-15(24-14)11-4-2-1-3-5-11/h1-9H,10H2. The number of hydrogen-bond acceptors (Lipinski definition) is 7. The van der Waals surface area contributed by atoms with Crippen LogP contribution in [0.2, 0.25) is 5.02 Å². The highest BCUT2D eigenvalue weighted by atomic mass is 35.5. The van der Waals surface area contributed by atoms with Gasteiger partial charge in [-0.05, 0) is 46.8 Å². The molecule has 4 rings (SSSR count). The van der Waals surface area contributed by atoms with Crippen LogP contribution in [0.1, 0.15) is 5.89 Å². The van der Waals surface area contributed by atoms with Crippen LogP contribution in [0.25, 0.3) is 17.1 Å². The Morgan fingerprint density at radius 3 is 2.56 bits per heavy atom. The van der Waals surface area contributed by atoms with Crippen LogP contribution >= 0.6 is 23.4 Å². The lowest BCUT2D eigenvalue weighted by Crippen LogP contribution is -1.98. The van der Waals surface area contributed by atoms with Crippen molar-refractivity contribution in [2.75, 3.05) is 0 Å². The van der Waals surface area contributed by atoms with Crippen molar-refractivity contribution < 1.29 is 4.42 Å². The Kier molecular flexibility index (Phi) is 4.45. The van der Waals surface area contributed by atoms with Crippen LogP contribution in [0.5, 0.6) is 0 Å². The van der Waals surface area contributed by atoms with E-state index in [0.29, 0.717) is 27.7 Å². The summed E-state index contributed by atoms with van der Waals surface area (Å²) in [6.07, 6.45) is 0. The highest BCUT2D eigenvalue weighted by Gasteiger charge is 2.13. The van der Waals surface area contributed by atoms with Crippen molar-refractivity contribution in [1.29, 1.82) is 0 Å². The van der Waals surface area contributed by atoms with Gasteiger partial charge < -0.3 is 4.42 Å². The fourth-order valence-electron chi connectivity index (χ4n) is 2.15. The van der Waals surface area contributed by atoms with Crippen LogP contribution in [0, 0.1) is 0 Å². The first-order chi connectivity index (χ1) is 12.3. The van der Waals surface area contributed by atoms with Crippen molar-refractivity contribution in [3.05, 3.63) is 65.5 Å². The zero-order valence-corrected chi connectivity index (χ0v) is 14.4. The predicted octanol–water partition coefficient (Wildman–Crippen LogP) is 3.66. The van der Waals surface area contributed by atoms with Crippen molar-refractivity contribution in [2.45, 2.75) is 10.9 Å². The Labute approximate surface area is 152 Å². The van der Waals surface area contributed by atoms with Gasteiger partial charge in [0.15, 0.2) is 0 Å². The van der Waals surface area contributed by atoms with Gasteiger partial charge in [0.1, 0.15) is 0 Å². The number of hydrogen-bond donors (Lipinski definition) is 0. The number of aromatic nitrogens is 6. The largest absolute Gasteiger partial charge is 0.420 e. The van der Waals surface area contributed by atoms with E-state index in [4.69, 9.17) is 16.0 Å². The summed E-state index contributed by atoms with van der Waals surface area (Å²) in [4.78, 5) is 0. The molecule has 124 valence electrons. The summed E-state index contributed by atoms with van der Waals surface area (Å²) in [5.41, 5.74) is 1.71. The van der Waals surface area contributed by atoms with Gasteiger partial charge in [-0.25, -0.2) is 0 Å². The van der Waals surface area contributed by atoms with Gasteiger partial charge in [0.2, 0.25) is 16.9 Å². The normalized spacial score (nSPS) is 10.9. The lowest BCUT2D eigenvalue weighted by molar-refractivity contribution is 0.528. The van der Waals surface area contributed by atoms with E-state index in [2.05, 4.69) is 25.7 Å². The molecule has 0 saturated heterocycles. The highest BCUT2D eigenvalue weighted by molar-refractivity contribution is 7.98. The molecular weight excluding hydrogens is 360 g/mol. The van der Waals surface area contributed by atoms with Gasteiger partial charge in [0, 0.05) is 10.6 Å². The smallest absolute Gasteiger partial charge is 0.247 e. The van der Waals surface area contributed by atoms with Gasteiger partial charge in [-0.1, -0.05) is 41.6 Å². The molecule has 0 spiro atoms. The molecule has 0 atom stereocenters. The van der Waals surface area contributed by atoms with Crippen LogP contribution in [-0.2, 0) is 5.75 Å². The first-order valence-electron chi connectivity index (χ1n) is 7.34. The molecule has 0 bridgehead atoms. The van der Waals surface area contributed by atoms with Crippen molar-refractivity contribution in [3.8, 4) is 17.1 Å². The van der Waals surface area contributed by atoms with Gasteiger partial charge in [-0.15, -0.1) is 15.3 Å². The van der Waals surface area contributed by atoms with Crippen LogP contribution in [0.15, 0.2) is 64.2 Å². The molecule has 2 aromatic carbocycles. The Morgan fingerprint density at radius 2 is 1.76 bits per heavy atom. The third kappa shape index (κ3) is 3.54. The lowest BCUT2D eigenvalue weighted by atomic mass is 10.2. The van der Waals surface area contributed by atoms with Crippen LogP contribution < -0.4 is 0 Å². The molecule has 7 nitrogen and oxygen atoms in total. The first kappa shape index (κ1) is 15.8. The summed E-state index contributed by atoms with van der Waals surface area (Å²) in [6.45, 7) is 0. The second-order valence-electron chi connectivity index (χ2n) is 5.01. The van der Waals surface area contributed by atoms with Gasteiger partial charge in [-0.3, -0.25) is 0 Å². The molecule has 25 heavy (non-hydrogen) atoms. The van der Waals surface area contributed by atoms with Crippen LogP contribution in [-0.4, -0.2) is 30.4 Å². The number of benzene rings is 2. The lowest BCUT2D eigenvalue weighted by Gasteiger charge is -2.03. The summed E-state index contributed by atoms with van der Waals surface area (Å²) >= 11 is 7.33. The van der Waals surface area contributed by atoms with E-state index in [1.165, 1.54) is 11.8 Å². The van der Waals surface area contributed by atoms with E-state index >= 15 is 0 Å². The molecular formula is C16H11ClN6OS. The summed E-state index contributed by atoms with van der Waals surface area (Å²) in [6, 6.07) is 16.9. The van der Waals surface area contributed by atoms with E-state index in [1.54, 1.807) is 16.8 Å². The van der Waals surface area contributed by atoms with E-state index < -0.39 is 0 Å². The second kappa shape index (κ2) is 7.04. The monoisotopic (exact) mass is 370 g/mol. The van der Waals surface area contributed by atoms with Crippen LogP contribution in [0.3, 0.4) is 0 Å². The maximum absolute atomic E-state index is 5.91. The summed E-state index contributed by atoms with van der Waals surface area (Å²) in [5.74, 6) is 1.47. The first-order valence-corrected chi connectivity index (χ1v) is 8.71. The number of halogens is 1. The van der Waals surface area contributed by atoms with Crippen molar-refractivity contribution in [3.63, 3.8) is 0 Å². The molecule has 2 aromatic heterocycles. The third-order valence-corrected chi connectivity index (χ3v) is 4.48. The molecule has 4 aromatic rings. The van der Waals surface area contributed by atoms with Crippen LogP contribution in [0.4, 0.5) is 0 Å². The number of thioether (sulfide) groups is 1. The molecule has 0 amide bonds. The molecule has 0 aliphatic rings. The maximum Gasteiger partial charge on any atom is 0.247 e. The fourth-order valence-corrected chi connectivity index (χ4v) is 3.00. The SMILES string of the molecule is Clc1ccc(-n2nnnc2SCc2nnc(-c3ccccc3)o2)cc1. The minimum Gasteiger partial charge on any atom is -0.420 e. The summed E-state index contributed by atoms with van der Waals surface area (Å²) < 4.78 is 7.33. The van der Waals surface area contributed by atoms with Crippen molar-refractivity contribution in [2.24, 2.45) is 0 Å². The zero-order chi connectivity index (χ0) is 17.1. The van der Waals surface area contributed by atoms with E-state index in [9.17, 15) is 0 Å². The van der Waals surface area contributed by atoms with Gasteiger partial charge in [0.05, 0.1) is 11.4 Å². The van der Waals surface area contributed by atoms with Gasteiger partial charge in [-0.2, -0.15) is 4.68 Å². The Bertz CT molecular complexity index is 970. The van der Waals surface area contributed by atoms with Gasteiger partial charge in [0.25, 0.3) is 0 Å². The second-order valence-corrected chi connectivity index (χ2v) is 6.38. The minimum absolute atomic E-state index is 0.466. The fraction of sp³-hybridized carbons (Fsp3) is 0.0625. The Hall–Kier alpha value is -2.71. The molecule has 0 N–H and O–H groups in total. The van der Waals surface area contributed by atoms with Gasteiger partial charge >= 0.3 is 0 Å². The molecule has 0 aliphatic carbocycles. The molecule has 0 fully saturated rings. The minimum atomic E-state index is 0.466. The summed E-state index contributed by atoms with van der Waals surface area (Å²) in [7, 11) is 0. The average Bonchev–Trinajstić information content (AvgIpc) is 3.31. The molecule has 0 unspecified atom stereocenters. The predicted molar refractivity (Wildman–Crippen MR) is 93.5 cm³/mol. The zero-order valence-electron chi connectivity index (χ0n) is 12.8. The number of nitrogens with zero attached hydrogens (tertiary/aromatic N) is 6. The quantitative estimate of drug-likeness (QED) is 0.496. The summed E-state index contributed by atoms with van der Waals surface area (Å²) in [5, 5.41) is 21.2. The molecule has 0 aliphatic heterocycles. The topological polar surface area (TPSA) is 82.5 Å². The molecule has 0 saturated carbocycles. The molecule has 0 radical (unpaired) electrons. The third-order valence-electron chi connectivity index (χ3n) is 3.32. The Morgan fingerprint density at radius 1 is 0.960 bits per heavy atom. The average molecular weight is 371 g/mol. The van der Waals surface area contributed by atoms with E-state index in [-0.39, 0.29) is 0 Å². The molecule has 9 heteroatoms. The number of tetrazole rings is 1. The number of rotatable bonds is 5. The molecule has 2 heterocycles. The maximum atomic E-state index is 5.91. The Balaban J connectivity index is 1.49. The van der Waals surface area contributed by atoms with E-state index in [0.717, 1.165) is 11.3 Å². The van der Waals surface area contributed by atoms with Crippen molar-refractivity contribution >= 4 is 23.4 Å². The van der Waals surface area contributed by atoms with E-state index in [1.807, 2.05) is 42.5 Å². The van der Waals surface area contributed by atoms with Crippen molar-refractivity contribution in [1.82, 2.24) is 30.4 Å². The highest BCUT2D eigenvalue weighted by Crippen LogP contribution is 2.24.